The lowest BCUT2D eigenvalue weighted by molar-refractivity contribution is 0.102. The van der Waals surface area contributed by atoms with Crippen LogP contribution in [0.2, 0.25) is 5.02 Å². The van der Waals surface area contributed by atoms with Crippen LogP contribution >= 0.6 is 11.6 Å². The van der Waals surface area contributed by atoms with Crippen molar-refractivity contribution in [3.8, 4) is 6.07 Å². The number of para-hydroxylation sites is 1. The van der Waals surface area contributed by atoms with E-state index in [-0.39, 0.29) is 11.1 Å². The number of amides is 2. The Morgan fingerprint density at radius 1 is 0.964 bits per heavy atom. The van der Waals surface area contributed by atoms with Crippen LogP contribution in [0.3, 0.4) is 0 Å². The fourth-order valence-corrected chi connectivity index (χ4v) is 2.67. The number of hydrogen-bond acceptors (Lipinski definition) is 4. The number of pyridine rings is 1. The third kappa shape index (κ3) is 4.34. The van der Waals surface area contributed by atoms with Gasteiger partial charge in [-0.15, -0.1) is 0 Å². The Kier molecular flexibility index (Phi) is 5.68. The molecule has 0 aliphatic carbocycles. The van der Waals surface area contributed by atoms with E-state index in [0.717, 1.165) is 5.56 Å². The van der Waals surface area contributed by atoms with Crippen LogP contribution in [0.15, 0.2) is 60.9 Å². The van der Waals surface area contributed by atoms with E-state index in [1.54, 1.807) is 42.5 Å². The number of aryl methyl sites for hydroxylation is 1. The fraction of sp³-hybridized carbons (Fsp3) is 0.0476. The first-order valence-electron chi connectivity index (χ1n) is 8.31. The molecule has 138 valence electrons. The molecule has 28 heavy (non-hydrogen) atoms. The minimum atomic E-state index is -0.469. The number of carbonyl (C=O) groups excluding carboxylic acids is 2. The lowest BCUT2D eigenvalue weighted by Gasteiger charge is -2.10. The van der Waals surface area contributed by atoms with Gasteiger partial charge < -0.3 is 10.6 Å². The summed E-state index contributed by atoms with van der Waals surface area (Å²) in [5.41, 5.74) is 2.58. The second-order valence-electron chi connectivity index (χ2n) is 5.99. The largest absolute Gasteiger partial charge is 0.322 e. The summed E-state index contributed by atoms with van der Waals surface area (Å²) in [5, 5.41) is 15.1. The Morgan fingerprint density at radius 3 is 2.29 bits per heavy atom. The number of benzene rings is 2. The molecular weight excluding hydrogens is 376 g/mol. The minimum absolute atomic E-state index is 0.197. The highest BCUT2D eigenvalue weighted by molar-refractivity contribution is 6.31. The molecule has 7 heteroatoms. The number of nitrogens with zero attached hydrogens (tertiary/aromatic N) is 2. The Balaban J connectivity index is 1.80. The summed E-state index contributed by atoms with van der Waals surface area (Å²) in [6.45, 7) is 1.85. The third-order valence-electron chi connectivity index (χ3n) is 4.01. The van der Waals surface area contributed by atoms with E-state index in [0.29, 0.717) is 22.0 Å². The van der Waals surface area contributed by atoms with Gasteiger partial charge in [-0.2, -0.15) is 5.26 Å². The summed E-state index contributed by atoms with van der Waals surface area (Å²) in [7, 11) is 0. The molecule has 1 heterocycles. The molecule has 0 radical (unpaired) electrons. The summed E-state index contributed by atoms with van der Waals surface area (Å²) < 4.78 is 0. The Hall–Kier alpha value is -3.69. The van der Waals surface area contributed by atoms with E-state index in [1.165, 1.54) is 18.5 Å². The van der Waals surface area contributed by atoms with E-state index in [2.05, 4.69) is 15.6 Å². The highest BCUT2D eigenvalue weighted by Gasteiger charge is 2.14. The number of nitrogens with one attached hydrogen (secondary N) is 2. The van der Waals surface area contributed by atoms with Gasteiger partial charge in [0.15, 0.2) is 0 Å². The van der Waals surface area contributed by atoms with Gasteiger partial charge >= 0.3 is 0 Å². The second-order valence-corrected chi connectivity index (χ2v) is 6.42. The summed E-state index contributed by atoms with van der Waals surface area (Å²) >= 11 is 5.98. The predicted molar refractivity (Wildman–Crippen MR) is 107 cm³/mol. The average molecular weight is 391 g/mol. The zero-order valence-corrected chi connectivity index (χ0v) is 15.6. The van der Waals surface area contributed by atoms with E-state index in [1.807, 2.05) is 13.0 Å². The van der Waals surface area contributed by atoms with Gasteiger partial charge in [0.05, 0.1) is 22.4 Å². The molecule has 3 aromatic rings. The molecule has 2 N–H and O–H groups in total. The van der Waals surface area contributed by atoms with Gasteiger partial charge in [-0.1, -0.05) is 29.8 Å². The van der Waals surface area contributed by atoms with Gasteiger partial charge in [-0.25, -0.2) is 0 Å². The highest BCUT2D eigenvalue weighted by atomic mass is 35.5. The molecule has 0 spiro atoms. The highest BCUT2D eigenvalue weighted by Crippen LogP contribution is 2.21. The molecule has 0 aliphatic heterocycles. The first-order valence-corrected chi connectivity index (χ1v) is 8.69. The smallest absolute Gasteiger partial charge is 0.257 e. The molecule has 6 nitrogen and oxygen atoms in total. The molecule has 0 aliphatic rings. The Bertz CT molecular complexity index is 1110. The quantitative estimate of drug-likeness (QED) is 0.689. The maximum absolute atomic E-state index is 12.5. The first kappa shape index (κ1) is 19.1. The van der Waals surface area contributed by atoms with Crippen LogP contribution in [0, 0.1) is 18.3 Å². The lowest BCUT2D eigenvalue weighted by Crippen LogP contribution is -2.17. The number of rotatable bonds is 4. The number of nitriles is 1. The van der Waals surface area contributed by atoms with Gasteiger partial charge in [0, 0.05) is 23.1 Å². The van der Waals surface area contributed by atoms with Crippen molar-refractivity contribution in [1.29, 1.82) is 5.26 Å². The molecule has 0 fully saturated rings. The van der Waals surface area contributed by atoms with E-state index >= 15 is 0 Å². The third-order valence-corrected chi connectivity index (χ3v) is 4.24. The van der Waals surface area contributed by atoms with Crippen LogP contribution in [0.5, 0.6) is 0 Å². The Labute approximate surface area is 166 Å². The van der Waals surface area contributed by atoms with Crippen molar-refractivity contribution < 1.29 is 9.59 Å². The van der Waals surface area contributed by atoms with E-state index in [4.69, 9.17) is 16.9 Å². The van der Waals surface area contributed by atoms with Crippen molar-refractivity contribution in [2.24, 2.45) is 0 Å². The van der Waals surface area contributed by atoms with Crippen molar-refractivity contribution in [1.82, 2.24) is 4.98 Å². The van der Waals surface area contributed by atoms with Crippen LogP contribution in [-0.2, 0) is 0 Å². The van der Waals surface area contributed by atoms with Crippen LogP contribution in [-0.4, -0.2) is 16.8 Å². The molecule has 0 unspecified atom stereocenters. The molecule has 0 saturated heterocycles. The second kappa shape index (κ2) is 8.33. The van der Waals surface area contributed by atoms with Gasteiger partial charge in [0.1, 0.15) is 6.07 Å². The maximum Gasteiger partial charge on any atom is 0.257 e. The van der Waals surface area contributed by atoms with Crippen molar-refractivity contribution in [2.75, 3.05) is 10.6 Å². The average Bonchev–Trinajstić information content (AvgIpc) is 2.71. The van der Waals surface area contributed by atoms with Gasteiger partial charge in [0.2, 0.25) is 0 Å². The molecule has 2 amide bonds. The van der Waals surface area contributed by atoms with E-state index in [9.17, 15) is 9.59 Å². The molecule has 2 aromatic carbocycles. The maximum atomic E-state index is 12.5. The van der Waals surface area contributed by atoms with Crippen LogP contribution < -0.4 is 10.6 Å². The van der Waals surface area contributed by atoms with Crippen molar-refractivity contribution in [3.63, 3.8) is 0 Å². The number of carbonyl (C=O) groups is 2. The normalized spacial score (nSPS) is 10.0. The van der Waals surface area contributed by atoms with Crippen molar-refractivity contribution >= 4 is 34.8 Å². The van der Waals surface area contributed by atoms with Gasteiger partial charge in [-0.05, 0) is 42.8 Å². The Morgan fingerprint density at radius 2 is 1.61 bits per heavy atom. The van der Waals surface area contributed by atoms with Crippen LogP contribution in [0.1, 0.15) is 31.8 Å². The topological polar surface area (TPSA) is 94.9 Å². The summed E-state index contributed by atoms with van der Waals surface area (Å²) in [4.78, 5) is 29.0. The minimum Gasteiger partial charge on any atom is -0.322 e. The van der Waals surface area contributed by atoms with Crippen molar-refractivity contribution in [2.45, 2.75) is 6.92 Å². The van der Waals surface area contributed by atoms with Crippen LogP contribution in [0.25, 0.3) is 0 Å². The summed E-state index contributed by atoms with van der Waals surface area (Å²) in [6, 6.07) is 15.3. The van der Waals surface area contributed by atoms with Gasteiger partial charge in [0.25, 0.3) is 11.8 Å². The monoisotopic (exact) mass is 390 g/mol. The number of halogens is 1. The van der Waals surface area contributed by atoms with E-state index < -0.39 is 11.8 Å². The SMILES string of the molecule is Cc1ccc(Cl)cc1NC(=O)c1cncc(C(=O)Nc2ccccc2C#N)c1. The number of hydrogen-bond donors (Lipinski definition) is 2. The molecule has 0 atom stereocenters. The lowest BCUT2D eigenvalue weighted by atomic mass is 10.1. The molecule has 1 aromatic heterocycles. The number of anilines is 2. The summed E-state index contributed by atoms with van der Waals surface area (Å²) in [5.74, 6) is -0.881. The molecular formula is C21H15ClN4O2. The number of aromatic nitrogens is 1. The predicted octanol–water partition coefficient (Wildman–Crippen LogP) is 4.42. The molecule has 0 saturated carbocycles. The summed E-state index contributed by atoms with van der Waals surface area (Å²) in [6.07, 6.45) is 2.72. The standard InChI is InChI=1S/C21H15ClN4O2/c1-13-6-7-17(22)9-19(13)26-21(28)16-8-15(11-24-12-16)20(27)25-18-5-3-2-4-14(18)10-23/h2-9,11-12H,1H3,(H,25,27)(H,26,28). The van der Waals surface area contributed by atoms with Crippen molar-refractivity contribution in [3.05, 3.63) is 88.2 Å². The fourth-order valence-electron chi connectivity index (χ4n) is 2.50. The van der Waals surface area contributed by atoms with Crippen LogP contribution in [0.4, 0.5) is 11.4 Å². The molecule has 3 rings (SSSR count). The van der Waals surface area contributed by atoms with Gasteiger partial charge in [-0.3, -0.25) is 14.6 Å². The zero-order valence-electron chi connectivity index (χ0n) is 14.9. The zero-order chi connectivity index (χ0) is 20.1. The first-order chi connectivity index (χ1) is 13.5. The molecule has 0 bridgehead atoms.